The van der Waals surface area contributed by atoms with Gasteiger partial charge in [-0.1, -0.05) is 13.8 Å². The monoisotopic (exact) mass is 344 g/mol. The summed E-state index contributed by atoms with van der Waals surface area (Å²) in [4.78, 5) is 27.7. The van der Waals surface area contributed by atoms with Gasteiger partial charge in [0.25, 0.3) is 0 Å². The number of carbonyl (C=O) groups excluding carboxylic acids is 1. The van der Waals surface area contributed by atoms with Crippen LogP contribution in [-0.4, -0.2) is 78.9 Å². The number of aliphatic carboxylic acids is 1. The van der Waals surface area contributed by atoms with Gasteiger partial charge in [0.05, 0.1) is 23.3 Å². The first-order valence-electron chi connectivity index (χ1n) is 8.09. The number of amides is 1. The van der Waals surface area contributed by atoms with Crippen LogP contribution in [0.3, 0.4) is 0 Å². The van der Waals surface area contributed by atoms with Gasteiger partial charge in [-0.25, -0.2) is 8.42 Å². The van der Waals surface area contributed by atoms with Crippen molar-refractivity contribution in [2.45, 2.75) is 26.3 Å². The lowest BCUT2D eigenvalue weighted by molar-refractivity contribution is -0.142. The summed E-state index contributed by atoms with van der Waals surface area (Å²) >= 11 is 0. The second-order valence-electron chi connectivity index (χ2n) is 7.53. The Morgan fingerprint density at radius 1 is 1.09 bits per heavy atom. The molecule has 23 heavy (non-hydrogen) atoms. The molecule has 1 N–H and O–H groups in total. The molecule has 0 radical (unpaired) electrons. The van der Waals surface area contributed by atoms with E-state index in [9.17, 15) is 23.1 Å². The Hall–Kier alpha value is -1.15. The smallest absolute Gasteiger partial charge is 0.307 e. The molecule has 1 saturated carbocycles. The molecule has 2 aliphatic heterocycles. The van der Waals surface area contributed by atoms with E-state index in [1.165, 1.54) is 0 Å². The molecular formula is C15H24N2O5S. The van der Waals surface area contributed by atoms with Crippen LogP contribution in [-0.2, 0) is 19.4 Å². The van der Waals surface area contributed by atoms with Gasteiger partial charge in [0.1, 0.15) is 0 Å². The fourth-order valence-electron chi connectivity index (χ4n) is 4.13. The molecule has 0 bridgehead atoms. The van der Waals surface area contributed by atoms with Gasteiger partial charge in [-0.05, 0) is 11.8 Å². The number of sulfone groups is 1. The largest absolute Gasteiger partial charge is 0.481 e. The predicted octanol–water partition coefficient (Wildman–Crippen LogP) is -0.325. The lowest BCUT2D eigenvalue weighted by atomic mass is 10.1. The minimum absolute atomic E-state index is 0.0684. The summed E-state index contributed by atoms with van der Waals surface area (Å²) < 4.78 is 23.2. The molecule has 0 unspecified atom stereocenters. The highest BCUT2D eigenvalue weighted by atomic mass is 32.2. The molecule has 0 aromatic rings. The summed E-state index contributed by atoms with van der Waals surface area (Å²) in [6, 6.07) is 0.0707. The molecule has 3 rings (SSSR count). The Balaban J connectivity index is 1.56. The maximum absolute atomic E-state index is 12.6. The second kappa shape index (κ2) is 5.44. The fraction of sp³-hybridized carbons (Fsp3) is 0.867. The van der Waals surface area contributed by atoms with Crippen LogP contribution in [0.4, 0.5) is 0 Å². The number of piperazine rings is 1. The highest BCUT2D eigenvalue weighted by Gasteiger charge is 2.66. The first-order chi connectivity index (χ1) is 10.6. The maximum Gasteiger partial charge on any atom is 0.307 e. The van der Waals surface area contributed by atoms with E-state index in [0.717, 1.165) is 0 Å². The van der Waals surface area contributed by atoms with Gasteiger partial charge in [0, 0.05) is 32.2 Å². The van der Waals surface area contributed by atoms with E-state index in [-0.39, 0.29) is 23.5 Å². The molecule has 1 aliphatic carbocycles. The standard InChI is InChI=1S/C15H24N2O5S/c1-15(2)11(12(15)14(19)20)13(18)17-6-4-16(5-7-17)10-3-8-23(21,22)9-10/h10-12H,3-9H2,1-2H3,(H,19,20)/t10-,11+,12-/m0/s1. The van der Waals surface area contributed by atoms with Crippen LogP contribution in [0.2, 0.25) is 0 Å². The highest BCUT2D eigenvalue weighted by Crippen LogP contribution is 2.59. The van der Waals surface area contributed by atoms with E-state index in [1.807, 2.05) is 13.8 Å². The Morgan fingerprint density at radius 3 is 2.13 bits per heavy atom. The van der Waals surface area contributed by atoms with Gasteiger partial charge in [0.15, 0.2) is 9.84 Å². The average Bonchev–Trinajstić information content (AvgIpc) is 2.86. The number of rotatable bonds is 3. The van der Waals surface area contributed by atoms with Crippen molar-refractivity contribution in [1.29, 1.82) is 0 Å². The van der Waals surface area contributed by atoms with Crippen LogP contribution in [0.15, 0.2) is 0 Å². The van der Waals surface area contributed by atoms with E-state index in [2.05, 4.69) is 4.90 Å². The first kappa shape index (κ1) is 16.7. The van der Waals surface area contributed by atoms with Crippen molar-refractivity contribution in [2.75, 3.05) is 37.7 Å². The van der Waals surface area contributed by atoms with Crippen molar-refractivity contribution >= 4 is 21.7 Å². The van der Waals surface area contributed by atoms with E-state index in [4.69, 9.17) is 0 Å². The fourth-order valence-corrected chi connectivity index (χ4v) is 5.89. The van der Waals surface area contributed by atoms with Crippen molar-refractivity contribution in [1.82, 2.24) is 9.80 Å². The number of hydrogen-bond donors (Lipinski definition) is 1. The molecule has 3 aliphatic rings. The Kier molecular flexibility index (Phi) is 3.95. The van der Waals surface area contributed by atoms with Gasteiger partial charge in [-0.2, -0.15) is 0 Å². The average molecular weight is 344 g/mol. The molecule has 130 valence electrons. The zero-order valence-electron chi connectivity index (χ0n) is 13.6. The van der Waals surface area contributed by atoms with E-state index < -0.39 is 33.1 Å². The molecule has 2 heterocycles. The summed E-state index contributed by atoms with van der Waals surface area (Å²) in [7, 11) is -2.90. The summed E-state index contributed by atoms with van der Waals surface area (Å²) in [6.07, 6.45) is 0.674. The summed E-state index contributed by atoms with van der Waals surface area (Å²) in [5.41, 5.74) is -0.473. The molecule has 0 spiro atoms. The molecule has 1 amide bonds. The maximum atomic E-state index is 12.6. The van der Waals surface area contributed by atoms with Gasteiger partial charge in [-0.3, -0.25) is 14.5 Å². The molecular weight excluding hydrogens is 320 g/mol. The summed E-state index contributed by atoms with van der Waals surface area (Å²) in [5, 5.41) is 9.21. The van der Waals surface area contributed by atoms with Crippen LogP contribution < -0.4 is 0 Å². The second-order valence-corrected chi connectivity index (χ2v) is 9.76. The van der Waals surface area contributed by atoms with Gasteiger partial charge < -0.3 is 10.0 Å². The molecule has 0 aromatic carbocycles. The summed E-state index contributed by atoms with van der Waals surface area (Å²) in [6.45, 7) is 6.08. The minimum Gasteiger partial charge on any atom is -0.481 e. The Labute approximate surface area is 136 Å². The third kappa shape index (κ3) is 2.98. The van der Waals surface area contributed by atoms with Crippen LogP contribution in [0, 0.1) is 17.3 Å². The lowest BCUT2D eigenvalue weighted by Crippen LogP contribution is -2.52. The normalized spacial score (nSPS) is 35.9. The SMILES string of the molecule is CC1(C)[C@H](C(=O)O)[C@@H]1C(=O)N1CCN([C@H]2CCS(=O)(=O)C2)CC1. The van der Waals surface area contributed by atoms with Crippen LogP contribution in [0.5, 0.6) is 0 Å². The number of hydrogen-bond acceptors (Lipinski definition) is 5. The van der Waals surface area contributed by atoms with Gasteiger partial charge in [-0.15, -0.1) is 0 Å². The van der Waals surface area contributed by atoms with Crippen LogP contribution >= 0.6 is 0 Å². The number of nitrogens with zero attached hydrogens (tertiary/aromatic N) is 2. The third-order valence-electron chi connectivity index (χ3n) is 5.71. The zero-order valence-corrected chi connectivity index (χ0v) is 14.4. The molecule has 3 fully saturated rings. The van der Waals surface area contributed by atoms with Crippen molar-refractivity contribution in [3.8, 4) is 0 Å². The topological polar surface area (TPSA) is 95.0 Å². The zero-order chi connectivity index (χ0) is 17.0. The van der Waals surface area contributed by atoms with Crippen LogP contribution in [0.25, 0.3) is 0 Å². The molecule has 2 saturated heterocycles. The lowest BCUT2D eigenvalue weighted by Gasteiger charge is -2.38. The third-order valence-corrected chi connectivity index (χ3v) is 7.46. The van der Waals surface area contributed by atoms with Gasteiger partial charge in [0.2, 0.25) is 5.91 Å². The number of carbonyl (C=O) groups is 2. The van der Waals surface area contributed by atoms with E-state index in [1.54, 1.807) is 4.90 Å². The predicted molar refractivity (Wildman–Crippen MR) is 83.6 cm³/mol. The van der Waals surface area contributed by atoms with Crippen molar-refractivity contribution in [3.63, 3.8) is 0 Å². The Bertz CT molecular complexity index is 622. The molecule has 0 aromatic heterocycles. The van der Waals surface area contributed by atoms with Crippen molar-refractivity contribution in [2.24, 2.45) is 17.3 Å². The van der Waals surface area contributed by atoms with Crippen LogP contribution in [0.1, 0.15) is 20.3 Å². The van der Waals surface area contributed by atoms with Crippen molar-refractivity contribution < 1.29 is 23.1 Å². The van der Waals surface area contributed by atoms with Crippen molar-refractivity contribution in [3.05, 3.63) is 0 Å². The minimum atomic E-state index is -2.90. The number of carboxylic acids is 1. The number of carboxylic acid groups (broad SMARTS) is 1. The Morgan fingerprint density at radius 2 is 1.70 bits per heavy atom. The van der Waals surface area contributed by atoms with Gasteiger partial charge >= 0.3 is 5.97 Å². The highest BCUT2D eigenvalue weighted by molar-refractivity contribution is 7.91. The quantitative estimate of drug-likeness (QED) is 0.754. The molecule has 7 nitrogen and oxygen atoms in total. The van der Waals surface area contributed by atoms with E-state index >= 15 is 0 Å². The van der Waals surface area contributed by atoms with E-state index in [0.29, 0.717) is 32.6 Å². The molecule has 3 atom stereocenters. The summed E-state index contributed by atoms with van der Waals surface area (Å²) in [5.74, 6) is -1.51. The first-order valence-corrected chi connectivity index (χ1v) is 9.92. The molecule has 8 heteroatoms.